The Morgan fingerprint density at radius 3 is 1.89 bits per heavy atom. The lowest BCUT2D eigenvalue weighted by atomic mass is 9.93. The molecule has 2 aromatic carbocycles. The molecule has 1 heteroatoms. The monoisotopic (exact) mass is 234 g/mol. The van der Waals surface area contributed by atoms with Crippen LogP contribution in [-0.2, 0) is 6.42 Å². The number of benzene rings is 2. The minimum absolute atomic E-state index is 0.815. The molecule has 2 aromatic rings. The molecule has 0 aromatic heterocycles. The summed E-state index contributed by atoms with van der Waals surface area (Å²) >= 11 is 0. The first-order valence-corrected chi connectivity index (χ1v) is 6.74. The van der Waals surface area contributed by atoms with Gasteiger partial charge in [-0.15, -0.1) is 0 Å². The largest absolute Gasteiger partial charge is 0.113 e. The summed E-state index contributed by atoms with van der Waals surface area (Å²) in [6.45, 7) is 2.24. The number of unbranched alkanes of at least 4 members (excludes halogenated alkanes) is 2. The van der Waals surface area contributed by atoms with Gasteiger partial charge in [0.05, 0.1) is 0 Å². The van der Waals surface area contributed by atoms with Crippen LogP contribution in [0.2, 0.25) is 0 Å². The summed E-state index contributed by atoms with van der Waals surface area (Å²) in [5, 5.41) is 0. The summed E-state index contributed by atoms with van der Waals surface area (Å²) in [6.07, 6.45) is 5.08. The van der Waals surface area contributed by atoms with Crippen molar-refractivity contribution in [2.24, 2.45) is 0 Å². The lowest BCUT2D eigenvalue weighted by Gasteiger charge is -2.05. The highest BCUT2D eigenvalue weighted by Gasteiger charge is 1.98. The van der Waals surface area contributed by atoms with Crippen LogP contribution in [0.5, 0.6) is 0 Å². The average Bonchev–Trinajstić information content (AvgIpc) is 2.41. The fourth-order valence-electron chi connectivity index (χ4n) is 2.12. The topological polar surface area (TPSA) is 0 Å². The third-order valence-corrected chi connectivity index (χ3v) is 3.27. The molecule has 0 aliphatic rings. The third-order valence-electron chi connectivity index (χ3n) is 3.27. The van der Waals surface area contributed by atoms with E-state index < -0.39 is 0 Å². The molecule has 2 rings (SSSR count). The summed E-state index contributed by atoms with van der Waals surface area (Å²) < 4.78 is 0. The molecule has 0 aliphatic heterocycles. The molecule has 0 nitrogen and oxygen atoms in total. The standard InChI is InChI=1S/C17H19B/c1-2-3-4-5-14-6-8-15(9-7-14)16-10-12-17(18)13-11-16/h6-13H,2-5H2,1H3. The van der Waals surface area contributed by atoms with E-state index in [1.807, 2.05) is 12.1 Å². The van der Waals surface area contributed by atoms with Crippen molar-refractivity contribution < 1.29 is 0 Å². The molecular formula is C17H19B. The Hall–Kier alpha value is -1.50. The molecule has 0 atom stereocenters. The number of hydrogen-bond donors (Lipinski definition) is 0. The van der Waals surface area contributed by atoms with Crippen LogP contribution in [0.4, 0.5) is 0 Å². The summed E-state index contributed by atoms with van der Waals surface area (Å²) in [5.41, 5.74) is 4.73. The van der Waals surface area contributed by atoms with Crippen molar-refractivity contribution in [1.29, 1.82) is 0 Å². The number of rotatable bonds is 5. The molecule has 0 saturated carbocycles. The van der Waals surface area contributed by atoms with E-state index >= 15 is 0 Å². The maximum absolute atomic E-state index is 5.70. The summed E-state index contributed by atoms with van der Waals surface area (Å²) in [5.74, 6) is 0. The molecule has 0 fully saturated rings. The molecule has 90 valence electrons. The van der Waals surface area contributed by atoms with Gasteiger partial charge in [0, 0.05) is 0 Å². The van der Waals surface area contributed by atoms with Crippen molar-refractivity contribution >= 4 is 13.3 Å². The van der Waals surface area contributed by atoms with Crippen LogP contribution in [0.1, 0.15) is 31.7 Å². The molecule has 0 N–H and O–H groups in total. The van der Waals surface area contributed by atoms with Crippen molar-refractivity contribution in [3.63, 3.8) is 0 Å². The van der Waals surface area contributed by atoms with Gasteiger partial charge in [-0.1, -0.05) is 73.8 Å². The zero-order chi connectivity index (χ0) is 12.8. The first-order valence-electron chi connectivity index (χ1n) is 6.74. The van der Waals surface area contributed by atoms with Crippen molar-refractivity contribution in [3.8, 4) is 11.1 Å². The quantitative estimate of drug-likeness (QED) is 0.544. The Morgan fingerprint density at radius 1 is 0.778 bits per heavy atom. The first-order chi connectivity index (χ1) is 8.79. The Balaban J connectivity index is 2.05. The van der Waals surface area contributed by atoms with E-state index in [-0.39, 0.29) is 0 Å². The van der Waals surface area contributed by atoms with Gasteiger partial charge in [-0.25, -0.2) is 0 Å². The molecule has 0 amide bonds. The van der Waals surface area contributed by atoms with E-state index in [1.54, 1.807) is 0 Å². The second-order valence-corrected chi connectivity index (χ2v) is 4.78. The molecule has 0 saturated heterocycles. The van der Waals surface area contributed by atoms with Crippen molar-refractivity contribution in [1.82, 2.24) is 0 Å². The third kappa shape index (κ3) is 3.50. The smallest absolute Gasteiger partial charge is 0.0966 e. The molecule has 0 aliphatic carbocycles. The Labute approximate surface area is 111 Å². The minimum Gasteiger partial charge on any atom is -0.0966 e. The van der Waals surface area contributed by atoms with E-state index in [2.05, 4.69) is 43.3 Å². The van der Waals surface area contributed by atoms with Crippen LogP contribution >= 0.6 is 0 Å². The van der Waals surface area contributed by atoms with Crippen LogP contribution in [0, 0.1) is 0 Å². The van der Waals surface area contributed by atoms with Gasteiger partial charge in [0.15, 0.2) is 0 Å². The average molecular weight is 234 g/mol. The Morgan fingerprint density at radius 2 is 1.33 bits per heavy atom. The minimum atomic E-state index is 0.815. The van der Waals surface area contributed by atoms with Crippen molar-refractivity contribution in [2.45, 2.75) is 32.6 Å². The number of aryl methyl sites for hydroxylation is 1. The second-order valence-electron chi connectivity index (χ2n) is 4.78. The molecule has 0 unspecified atom stereocenters. The van der Waals surface area contributed by atoms with Gasteiger partial charge < -0.3 is 0 Å². The fraction of sp³-hybridized carbons (Fsp3) is 0.294. The fourth-order valence-corrected chi connectivity index (χ4v) is 2.12. The maximum atomic E-state index is 5.70. The summed E-state index contributed by atoms with van der Waals surface area (Å²) in [7, 11) is 5.70. The highest BCUT2D eigenvalue weighted by molar-refractivity contribution is 6.32. The highest BCUT2D eigenvalue weighted by Crippen LogP contribution is 2.19. The molecule has 18 heavy (non-hydrogen) atoms. The second kappa shape index (κ2) is 6.44. The Bertz CT molecular complexity index is 468. The molecule has 0 heterocycles. The van der Waals surface area contributed by atoms with Gasteiger partial charge in [-0.05, 0) is 29.5 Å². The van der Waals surface area contributed by atoms with Gasteiger partial charge in [0.25, 0.3) is 0 Å². The van der Waals surface area contributed by atoms with E-state index in [4.69, 9.17) is 7.85 Å². The SMILES string of the molecule is [B]c1ccc(-c2ccc(CCCCC)cc2)cc1. The van der Waals surface area contributed by atoms with Crippen LogP contribution in [-0.4, -0.2) is 7.85 Å². The lowest BCUT2D eigenvalue weighted by molar-refractivity contribution is 0.717. The molecular weight excluding hydrogens is 215 g/mol. The predicted octanol–water partition coefficient (Wildman–Crippen LogP) is 3.88. The molecule has 0 bridgehead atoms. The zero-order valence-corrected chi connectivity index (χ0v) is 11.0. The predicted molar refractivity (Wildman–Crippen MR) is 80.5 cm³/mol. The Kier molecular flexibility index (Phi) is 4.63. The van der Waals surface area contributed by atoms with E-state index in [9.17, 15) is 0 Å². The van der Waals surface area contributed by atoms with E-state index in [0.717, 1.165) is 5.46 Å². The highest BCUT2D eigenvalue weighted by atomic mass is 14.0. The van der Waals surface area contributed by atoms with E-state index in [1.165, 1.54) is 42.4 Å². The normalized spacial score (nSPS) is 10.5. The molecule has 0 spiro atoms. The van der Waals surface area contributed by atoms with Crippen molar-refractivity contribution in [2.75, 3.05) is 0 Å². The molecule has 2 radical (unpaired) electrons. The zero-order valence-electron chi connectivity index (χ0n) is 11.0. The van der Waals surface area contributed by atoms with Gasteiger partial charge in [-0.3, -0.25) is 0 Å². The first kappa shape index (κ1) is 12.9. The van der Waals surface area contributed by atoms with E-state index in [0.29, 0.717) is 0 Å². The summed E-state index contributed by atoms with van der Waals surface area (Å²) in [6, 6.07) is 16.9. The van der Waals surface area contributed by atoms with Crippen LogP contribution < -0.4 is 5.46 Å². The number of hydrogen-bond acceptors (Lipinski definition) is 0. The lowest BCUT2D eigenvalue weighted by Crippen LogP contribution is -1.99. The van der Waals surface area contributed by atoms with Crippen LogP contribution in [0.3, 0.4) is 0 Å². The van der Waals surface area contributed by atoms with Crippen LogP contribution in [0.15, 0.2) is 48.5 Å². The maximum Gasteiger partial charge on any atom is 0.113 e. The van der Waals surface area contributed by atoms with Gasteiger partial charge in [0.2, 0.25) is 0 Å². The van der Waals surface area contributed by atoms with Gasteiger partial charge in [0.1, 0.15) is 7.85 Å². The van der Waals surface area contributed by atoms with Gasteiger partial charge >= 0.3 is 0 Å². The van der Waals surface area contributed by atoms with Crippen molar-refractivity contribution in [3.05, 3.63) is 54.1 Å². The van der Waals surface area contributed by atoms with Gasteiger partial charge in [-0.2, -0.15) is 0 Å². The summed E-state index contributed by atoms with van der Waals surface area (Å²) in [4.78, 5) is 0. The van der Waals surface area contributed by atoms with Crippen LogP contribution in [0.25, 0.3) is 11.1 Å².